The van der Waals surface area contributed by atoms with Crippen molar-refractivity contribution in [2.75, 3.05) is 0 Å². The van der Waals surface area contributed by atoms with E-state index in [-0.39, 0.29) is 5.92 Å². The Morgan fingerprint density at radius 1 is 0.789 bits per heavy atom. The Kier molecular flexibility index (Phi) is 3.76. The van der Waals surface area contributed by atoms with Gasteiger partial charge in [-0.05, 0) is 49.9 Å². The maximum Gasteiger partial charge on any atom is 0.0704 e. The summed E-state index contributed by atoms with van der Waals surface area (Å²) in [5.41, 5.74) is 7.56. The Labute approximate surface area is 116 Å². The van der Waals surface area contributed by atoms with Gasteiger partial charge in [-0.1, -0.05) is 53.4 Å². The molecule has 2 aromatic carbocycles. The van der Waals surface area contributed by atoms with E-state index < -0.39 is 0 Å². The van der Waals surface area contributed by atoms with Gasteiger partial charge in [0.2, 0.25) is 0 Å². The van der Waals surface area contributed by atoms with E-state index in [9.17, 15) is 0 Å². The third kappa shape index (κ3) is 2.71. The quantitative estimate of drug-likeness (QED) is 0.677. The molecule has 0 atom stereocenters. The molecule has 0 spiro atoms. The van der Waals surface area contributed by atoms with Crippen molar-refractivity contribution >= 4 is 0 Å². The summed E-state index contributed by atoms with van der Waals surface area (Å²) in [6.45, 7) is 8.49. The molecule has 0 amide bonds. The van der Waals surface area contributed by atoms with Crippen LogP contribution in [-0.4, -0.2) is 0 Å². The van der Waals surface area contributed by atoms with E-state index in [1.54, 1.807) is 0 Å². The third-order valence-electron chi connectivity index (χ3n) is 3.64. The molecule has 0 N–H and O–H groups in total. The highest BCUT2D eigenvalue weighted by atomic mass is 14.2. The van der Waals surface area contributed by atoms with Crippen molar-refractivity contribution in [1.82, 2.24) is 0 Å². The number of benzene rings is 2. The van der Waals surface area contributed by atoms with E-state index in [0.29, 0.717) is 0 Å². The minimum absolute atomic E-state index is 0.0428. The van der Waals surface area contributed by atoms with Crippen molar-refractivity contribution in [3.63, 3.8) is 0 Å². The molecular formula is C19H20. The number of aryl methyl sites for hydroxylation is 4. The van der Waals surface area contributed by atoms with Gasteiger partial charge in [0.25, 0.3) is 0 Å². The van der Waals surface area contributed by atoms with E-state index >= 15 is 0 Å². The van der Waals surface area contributed by atoms with Crippen molar-refractivity contribution < 1.29 is 0 Å². The standard InChI is InChI=1S/C19H20/c1-6-17(18-9-7-13(2)11-15(18)4)19-10-8-14(3)12-16(19)5/h1,7-12,17H,2-5H3. The third-order valence-corrected chi connectivity index (χ3v) is 3.64. The van der Waals surface area contributed by atoms with E-state index in [0.717, 1.165) is 0 Å². The average Bonchev–Trinajstić information content (AvgIpc) is 2.34. The predicted molar refractivity (Wildman–Crippen MR) is 82.5 cm³/mol. The van der Waals surface area contributed by atoms with Crippen LogP contribution in [0.25, 0.3) is 0 Å². The van der Waals surface area contributed by atoms with Crippen LogP contribution in [0.4, 0.5) is 0 Å². The fourth-order valence-electron chi connectivity index (χ4n) is 2.65. The Bertz CT molecular complexity index is 590. The number of terminal acetylenes is 1. The van der Waals surface area contributed by atoms with Crippen molar-refractivity contribution in [1.29, 1.82) is 0 Å². The SMILES string of the molecule is C#CC(c1ccc(C)cc1C)c1ccc(C)cc1C. The first-order valence-corrected chi connectivity index (χ1v) is 6.63. The summed E-state index contributed by atoms with van der Waals surface area (Å²) in [5.74, 6) is 3.00. The fourth-order valence-corrected chi connectivity index (χ4v) is 2.65. The Hall–Kier alpha value is -2.00. The Morgan fingerprint density at radius 3 is 1.53 bits per heavy atom. The second kappa shape index (κ2) is 5.33. The van der Waals surface area contributed by atoms with Gasteiger partial charge in [-0.3, -0.25) is 0 Å². The summed E-state index contributed by atoms with van der Waals surface area (Å²) in [6.07, 6.45) is 5.80. The van der Waals surface area contributed by atoms with Crippen LogP contribution in [0, 0.1) is 40.0 Å². The van der Waals surface area contributed by atoms with Crippen LogP contribution in [0.5, 0.6) is 0 Å². The zero-order valence-electron chi connectivity index (χ0n) is 12.1. The van der Waals surface area contributed by atoms with E-state index in [4.69, 9.17) is 6.42 Å². The lowest BCUT2D eigenvalue weighted by Crippen LogP contribution is -2.03. The summed E-state index contributed by atoms with van der Waals surface area (Å²) in [7, 11) is 0. The van der Waals surface area contributed by atoms with E-state index in [1.807, 2.05) is 0 Å². The van der Waals surface area contributed by atoms with Crippen molar-refractivity contribution in [2.24, 2.45) is 0 Å². The summed E-state index contributed by atoms with van der Waals surface area (Å²) < 4.78 is 0. The molecule has 0 aromatic heterocycles. The minimum atomic E-state index is 0.0428. The zero-order chi connectivity index (χ0) is 14.0. The maximum absolute atomic E-state index is 5.80. The van der Waals surface area contributed by atoms with Gasteiger partial charge in [-0.25, -0.2) is 0 Å². The van der Waals surface area contributed by atoms with Crippen LogP contribution < -0.4 is 0 Å². The first kappa shape index (κ1) is 13.4. The molecule has 0 saturated heterocycles. The highest BCUT2D eigenvalue weighted by Crippen LogP contribution is 2.29. The minimum Gasteiger partial charge on any atom is -0.119 e. The molecule has 0 aliphatic heterocycles. The Balaban J connectivity index is 2.54. The molecular weight excluding hydrogens is 228 g/mol. The fraction of sp³-hybridized carbons (Fsp3) is 0.263. The molecule has 0 nitrogen and oxygen atoms in total. The zero-order valence-corrected chi connectivity index (χ0v) is 12.1. The lowest BCUT2D eigenvalue weighted by molar-refractivity contribution is 1.02. The maximum atomic E-state index is 5.80. The first-order chi connectivity index (χ1) is 9.02. The van der Waals surface area contributed by atoms with Crippen LogP contribution in [0.1, 0.15) is 39.3 Å². The van der Waals surface area contributed by atoms with E-state index in [1.165, 1.54) is 33.4 Å². The molecule has 96 valence electrons. The highest BCUT2D eigenvalue weighted by Gasteiger charge is 2.15. The molecule has 0 saturated carbocycles. The molecule has 0 heterocycles. The van der Waals surface area contributed by atoms with Gasteiger partial charge in [0, 0.05) is 0 Å². The molecule has 0 aliphatic rings. The molecule has 19 heavy (non-hydrogen) atoms. The molecule has 0 heteroatoms. The molecule has 0 bridgehead atoms. The van der Waals surface area contributed by atoms with Gasteiger partial charge >= 0.3 is 0 Å². The lowest BCUT2D eigenvalue weighted by atomic mass is 9.86. The van der Waals surface area contributed by atoms with Crippen LogP contribution in [0.15, 0.2) is 36.4 Å². The van der Waals surface area contributed by atoms with Gasteiger partial charge in [0.05, 0.1) is 5.92 Å². The summed E-state index contributed by atoms with van der Waals surface area (Å²) in [5, 5.41) is 0. The lowest BCUT2D eigenvalue weighted by Gasteiger charge is -2.17. The van der Waals surface area contributed by atoms with E-state index in [2.05, 4.69) is 70.0 Å². The summed E-state index contributed by atoms with van der Waals surface area (Å²) in [6, 6.07) is 13.0. The number of rotatable bonds is 2. The number of hydrogen-bond donors (Lipinski definition) is 0. The monoisotopic (exact) mass is 248 g/mol. The second-order valence-electron chi connectivity index (χ2n) is 5.32. The Morgan fingerprint density at radius 2 is 1.21 bits per heavy atom. The van der Waals surface area contributed by atoms with Crippen LogP contribution in [0.3, 0.4) is 0 Å². The van der Waals surface area contributed by atoms with Crippen LogP contribution in [0.2, 0.25) is 0 Å². The molecule has 2 aromatic rings. The van der Waals surface area contributed by atoms with Gasteiger partial charge in [0.15, 0.2) is 0 Å². The number of hydrogen-bond acceptors (Lipinski definition) is 0. The molecule has 0 unspecified atom stereocenters. The first-order valence-electron chi connectivity index (χ1n) is 6.63. The van der Waals surface area contributed by atoms with Crippen molar-refractivity contribution in [3.8, 4) is 12.3 Å². The highest BCUT2D eigenvalue weighted by molar-refractivity contribution is 5.47. The molecule has 0 aliphatic carbocycles. The molecule has 2 rings (SSSR count). The molecule has 0 fully saturated rings. The van der Waals surface area contributed by atoms with Gasteiger partial charge in [-0.15, -0.1) is 6.42 Å². The van der Waals surface area contributed by atoms with Gasteiger partial charge in [-0.2, -0.15) is 0 Å². The largest absolute Gasteiger partial charge is 0.119 e. The smallest absolute Gasteiger partial charge is 0.0704 e. The van der Waals surface area contributed by atoms with Crippen molar-refractivity contribution in [2.45, 2.75) is 33.6 Å². The van der Waals surface area contributed by atoms with Crippen molar-refractivity contribution in [3.05, 3.63) is 69.8 Å². The summed E-state index contributed by atoms with van der Waals surface area (Å²) in [4.78, 5) is 0. The topological polar surface area (TPSA) is 0 Å². The average molecular weight is 248 g/mol. The predicted octanol–water partition coefficient (Wildman–Crippen LogP) is 4.69. The summed E-state index contributed by atoms with van der Waals surface area (Å²) >= 11 is 0. The molecule has 0 radical (unpaired) electrons. The van der Waals surface area contributed by atoms with Gasteiger partial charge in [0.1, 0.15) is 0 Å². The van der Waals surface area contributed by atoms with Gasteiger partial charge < -0.3 is 0 Å². The van der Waals surface area contributed by atoms with Crippen LogP contribution in [-0.2, 0) is 0 Å². The second-order valence-corrected chi connectivity index (χ2v) is 5.32. The normalized spacial score (nSPS) is 10.5. The van der Waals surface area contributed by atoms with Crippen LogP contribution >= 0.6 is 0 Å².